The Morgan fingerprint density at radius 1 is 1.40 bits per heavy atom. The van der Waals surface area contributed by atoms with Gasteiger partial charge < -0.3 is 9.80 Å². The maximum absolute atomic E-state index is 12.3. The summed E-state index contributed by atoms with van der Waals surface area (Å²) >= 11 is 1.56. The highest BCUT2D eigenvalue weighted by Crippen LogP contribution is 2.16. The molecule has 0 spiro atoms. The van der Waals surface area contributed by atoms with Gasteiger partial charge in [-0.2, -0.15) is 0 Å². The van der Waals surface area contributed by atoms with Crippen LogP contribution >= 0.6 is 11.8 Å². The van der Waals surface area contributed by atoms with E-state index >= 15 is 0 Å². The maximum Gasteiger partial charge on any atom is 0.242 e. The van der Waals surface area contributed by atoms with Crippen molar-refractivity contribution in [1.29, 1.82) is 0 Å². The number of likely N-dealkylation sites (N-methyl/N-ethyl adjacent to an activating group) is 1. The Kier molecular flexibility index (Phi) is 5.06. The number of aryl methyl sites for hydroxylation is 1. The largest absolute Gasteiger partial charge is 0.337 e. The SMILES string of the molecule is CCN(Cc1ccccc1C)C(=O)CN1CSCC1=O. The molecule has 0 radical (unpaired) electrons. The fourth-order valence-electron chi connectivity index (χ4n) is 2.17. The molecule has 1 aromatic carbocycles. The molecule has 0 N–H and O–H groups in total. The van der Waals surface area contributed by atoms with Crippen molar-refractivity contribution in [3.63, 3.8) is 0 Å². The molecule has 0 aliphatic carbocycles. The zero-order valence-electron chi connectivity index (χ0n) is 12.0. The molecule has 0 atom stereocenters. The molecule has 0 aromatic heterocycles. The van der Waals surface area contributed by atoms with Crippen LogP contribution in [0.2, 0.25) is 0 Å². The van der Waals surface area contributed by atoms with E-state index in [1.54, 1.807) is 21.6 Å². The minimum Gasteiger partial charge on any atom is -0.337 e. The highest BCUT2D eigenvalue weighted by Gasteiger charge is 2.25. The lowest BCUT2D eigenvalue weighted by Gasteiger charge is -2.24. The lowest BCUT2D eigenvalue weighted by Crippen LogP contribution is -2.40. The van der Waals surface area contributed by atoms with Crippen LogP contribution in [0.15, 0.2) is 24.3 Å². The van der Waals surface area contributed by atoms with Crippen LogP contribution < -0.4 is 0 Å². The van der Waals surface area contributed by atoms with Crippen molar-refractivity contribution in [1.82, 2.24) is 9.80 Å². The third kappa shape index (κ3) is 3.54. The first-order valence-corrected chi connectivity index (χ1v) is 7.95. The van der Waals surface area contributed by atoms with Crippen LogP contribution in [0, 0.1) is 6.92 Å². The van der Waals surface area contributed by atoms with E-state index < -0.39 is 0 Å². The van der Waals surface area contributed by atoms with E-state index in [2.05, 4.69) is 0 Å². The topological polar surface area (TPSA) is 40.6 Å². The van der Waals surface area contributed by atoms with Crippen LogP contribution in [0.5, 0.6) is 0 Å². The Morgan fingerprint density at radius 3 is 2.75 bits per heavy atom. The van der Waals surface area contributed by atoms with Gasteiger partial charge in [-0.25, -0.2) is 0 Å². The van der Waals surface area contributed by atoms with Gasteiger partial charge in [-0.1, -0.05) is 24.3 Å². The van der Waals surface area contributed by atoms with Gasteiger partial charge in [0, 0.05) is 13.1 Å². The highest BCUT2D eigenvalue weighted by atomic mass is 32.2. The normalized spacial score (nSPS) is 14.7. The average molecular weight is 292 g/mol. The maximum atomic E-state index is 12.3. The van der Waals surface area contributed by atoms with Crippen LogP contribution in [0.1, 0.15) is 18.1 Å². The lowest BCUT2D eigenvalue weighted by molar-refractivity contribution is -0.138. The third-order valence-corrected chi connectivity index (χ3v) is 4.45. The van der Waals surface area contributed by atoms with E-state index in [1.807, 2.05) is 38.1 Å². The number of hydrogen-bond acceptors (Lipinski definition) is 3. The van der Waals surface area contributed by atoms with Crippen LogP contribution in [0.25, 0.3) is 0 Å². The summed E-state index contributed by atoms with van der Waals surface area (Å²) in [5, 5.41) is 0. The molecule has 0 bridgehead atoms. The summed E-state index contributed by atoms with van der Waals surface area (Å²) in [6.07, 6.45) is 0. The van der Waals surface area contributed by atoms with Crippen LogP contribution in [-0.2, 0) is 16.1 Å². The van der Waals surface area contributed by atoms with Crippen LogP contribution in [0.4, 0.5) is 0 Å². The van der Waals surface area contributed by atoms with E-state index in [-0.39, 0.29) is 18.4 Å². The summed E-state index contributed by atoms with van der Waals surface area (Å²) in [7, 11) is 0. The van der Waals surface area contributed by atoms with Gasteiger partial charge >= 0.3 is 0 Å². The van der Waals surface area contributed by atoms with Gasteiger partial charge in [0.1, 0.15) is 6.54 Å². The number of thioether (sulfide) groups is 1. The monoisotopic (exact) mass is 292 g/mol. The molecule has 1 heterocycles. The van der Waals surface area contributed by atoms with Crippen molar-refractivity contribution >= 4 is 23.6 Å². The minimum absolute atomic E-state index is 0.0200. The van der Waals surface area contributed by atoms with Crippen LogP contribution in [0.3, 0.4) is 0 Å². The van der Waals surface area contributed by atoms with Gasteiger partial charge in [0.15, 0.2) is 0 Å². The molecule has 0 saturated carbocycles. The van der Waals surface area contributed by atoms with E-state index in [4.69, 9.17) is 0 Å². The Bertz CT molecular complexity index is 504. The quantitative estimate of drug-likeness (QED) is 0.832. The van der Waals surface area contributed by atoms with Crippen molar-refractivity contribution in [3.05, 3.63) is 35.4 Å². The molecule has 1 aliphatic rings. The van der Waals surface area contributed by atoms with E-state index in [0.717, 1.165) is 5.56 Å². The minimum atomic E-state index is 0.0200. The number of nitrogens with zero attached hydrogens (tertiary/aromatic N) is 2. The summed E-state index contributed by atoms with van der Waals surface area (Å²) in [6, 6.07) is 8.08. The Morgan fingerprint density at radius 2 is 2.15 bits per heavy atom. The van der Waals surface area contributed by atoms with Gasteiger partial charge in [0.05, 0.1) is 11.6 Å². The molecule has 1 aromatic rings. The summed E-state index contributed by atoms with van der Waals surface area (Å²) < 4.78 is 0. The first kappa shape index (κ1) is 14.9. The third-order valence-electron chi connectivity index (χ3n) is 3.51. The van der Waals surface area contributed by atoms with E-state index in [1.165, 1.54) is 5.56 Å². The predicted octanol–water partition coefficient (Wildman–Crippen LogP) is 1.88. The second-order valence-corrected chi connectivity index (χ2v) is 5.86. The van der Waals surface area contributed by atoms with Crippen molar-refractivity contribution < 1.29 is 9.59 Å². The molecule has 5 heteroatoms. The summed E-state index contributed by atoms with van der Waals surface area (Å²) in [5.41, 5.74) is 2.34. The fraction of sp³-hybridized carbons (Fsp3) is 0.467. The molecule has 2 amide bonds. The Balaban J connectivity index is 1.99. The second kappa shape index (κ2) is 6.79. The number of carbonyl (C=O) groups is 2. The van der Waals surface area contributed by atoms with Crippen molar-refractivity contribution in [2.75, 3.05) is 24.7 Å². The second-order valence-electron chi connectivity index (χ2n) is 4.90. The predicted molar refractivity (Wildman–Crippen MR) is 81.3 cm³/mol. The van der Waals surface area contributed by atoms with Gasteiger partial charge in [0.25, 0.3) is 0 Å². The smallest absolute Gasteiger partial charge is 0.242 e. The van der Waals surface area contributed by atoms with Crippen molar-refractivity contribution in [2.45, 2.75) is 20.4 Å². The molecule has 1 saturated heterocycles. The molecule has 20 heavy (non-hydrogen) atoms. The lowest BCUT2D eigenvalue weighted by atomic mass is 10.1. The fourth-order valence-corrected chi connectivity index (χ4v) is 3.08. The van der Waals surface area contributed by atoms with Gasteiger partial charge in [-0.3, -0.25) is 9.59 Å². The molecule has 1 fully saturated rings. The van der Waals surface area contributed by atoms with E-state index in [0.29, 0.717) is 24.7 Å². The van der Waals surface area contributed by atoms with Gasteiger partial charge in [0.2, 0.25) is 11.8 Å². The Labute approximate surface area is 124 Å². The van der Waals surface area contributed by atoms with Crippen molar-refractivity contribution in [2.24, 2.45) is 0 Å². The zero-order chi connectivity index (χ0) is 14.5. The number of hydrogen-bond donors (Lipinski definition) is 0. The first-order valence-electron chi connectivity index (χ1n) is 6.79. The van der Waals surface area contributed by atoms with Gasteiger partial charge in [-0.15, -0.1) is 11.8 Å². The molecule has 0 unspecified atom stereocenters. The van der Waals surface area contributed by atoms with Crippen molar-refractivity contribution in [3.8, 4) is 0 Å². The molecule has 1 aliphatic heterocycles. The number of amides is 2. The first-order chi connectivity index (χ1) is 9.61. The van der Waals surface area contributed by atoms with Gasteiger partial charge in [-0.05, 0) is 25.0 Å². The summed E-state index contributed by atoms with van der Waals surface area (Å²) in [4.78, 5) is 27.3. The van der Waals surface area contributed by atoms with E-state index in [9.17, 15) is 9.59 Å². The Hall–Kier alpha value is -1.49. The highest BCUT2D eigenvalue weighted by molar-refractivity contribution is 8.00. The summed E-state index contributed by atoms with van der Waals surface area (Å²) in [5.74, 6) is 1.21. The molecule has 4 nitrogen and oxygen atoms in total. The standard InChI is InChI=1S/C15H20N2O2S/c1-3-16(8-13-7-5-4-6-12(13)2)14(18)9-17-11-20-10-15(17)19/h4-7H,3,8-11H2,1-2H3. The molecular formula is C15H20N2O2S. The number of benzene rings is 1. The number of rotatable bonds is 5. The van der Waals surface area contributed by atoms with Crippen LogP contribution in [-0.4, -0.2) is 46.3 Å². The number of carbonyl (C=O) groups excluding carboxylic acids is 2. The molecule has 108 valence electrons. The zero-order valence-corrected chi connectivity index (χ0v) is 12.8. The average Bonchev–Trinajstić information content (AvgIpc) is 2.83. The summed E-state index contributed by atoms with van der Waals surface area (Å²) in [6.45, 7) is 5.48. The molecule has 2 rings (SSSR count). The molecular weight excluding hydrogens is 272 g/mol.